The van der Waals surface area contributed by atoms with Gasteiger partial charge in [0, 0.05) is 30.9 Å². The van der Waals surface area contributed by atoms with Crippen LogP contribution in [0.25, 0.3) is 74.4 Å². The van der Waals surface area contributed by atoms with Crippen molar-refractivity contribution in [1.29, 1.82) is 0 Å². The van der Waals surface area contributed by atoms with E-state index in [1.807, 2.05) is 11.3 Å². The van der Waals surface area contributed by atoms with Gasteiger partial charge in [0.25, 0.3) is 0 Å². The van der Waals surface area contributed by atoms with E-state index < -0.39 is 0 Å². The minimum atomic E-state index is 0.342. The zero-order valence-corrected chi connectivity index (χ0v) is 26.6. The zero-order chi connectivity index (χ0) is 30.9. The Kier molecular flexibility index (Phi) is 6.00. The van der Waals surface area contributed by atoms with Crippen molar-refractivity contribution in [2.45, 2.75) is 18.8 Å². The summed E-state index contributed by atoms with van der Waals surface area (Å²) in [5.41, 5.74) is 6.00. The first kappa shape index (κ1) is 26.7. The van der Waals surface area contributed by atoms with E-state index >= 15 is 0 Å². The molecule has 1 nitrogen and oxygen atoms in total. The number of hydrogen-bond donors (Lipinski definition) is 0. The molecular formula is C45H30OS. The lowest BCUT2D eigenvalue weighted by atomic mass is 9.86. The summed E-state index contributed by atoms with van der Waals surface area (Å²) in [5.74, 6) is 0.342. The van der Waals surface area contributed by atoms with Gasteiger partial charge in [-0.15, -0.1) is 11.3 Å². The van der Waals surface area contributed by atoms with Gasteiger partial charge >= 0.3 is 0 Å². The van der Waals surface area contributed by atoms with Crippen molar-refractivity contribution in [3.05, 3.63) is 168 Å². The summed E-state index contributed by atoms with van der Waals surface area (Å²) in [6, 6.07) is 55.7. The van der Waals surface area contributed by atoms with Crippen LogP contribution in [-0.4, -0.2) is 0 Å². The van der Waals surface area contributed by atoms with Gasteiger partial charge in [-0.2, -0.15) is 0 Å². The van der Waals surface area contributed by atoms with E-state index in [1.54, 1.807) is 0 Å². The molecule has 47 heavy (non-hydrogen) atoms. The molecule has 0 radical (unpaired) electrons. The number of hydrogen-bond acceptors (Lipinski definition) is 2. The van der Waals surface area contributed by atoms with E-state index in [0.29, 0.717) is 5.92 Å². The van der Waals surface area contributed by atoms with Crippen molar-refractivity contribution in [1.82, 2.24) is 0 Å². The highest BCUT2D eigenvalue weighted by atomic mass is 32.1. The molecule has 0 fully saturated rings. The third kappa shape index (κ3) is 4.29. The lowest BCUT2D eigenvalue weighted by Gasteiger charge is -2.18. The molecule has 0 amide bonds. The molecule has 1 atom stereocenters. The van der Waals surface area contributed by atoms with Crippen LogP contribution >= 0.6 is 11.3 Å². The van der Waals surface area contributed by atoms with Crippen molar-refractivity contribution in [2.75, 3.05) is 0 Å². The molecule has 8 aromatic carbocycles. The summed E-state index contributed by atoms with van der Waals surface area (Å²) < 4.78 is 9.43. The maximum absolute atomic E-state index is 6.66. The van der Waals surface area contributed by atoms with Gasteiger partial charge in [-0.25, -0.2) is 0 Å². The molecule has 0 bridgehead atoms. The number of benzene rings is 8. The summed E-state index contributed by atoms with van der Waals surface area (Å²) in [5, 5.41) is 12.7. The van der Waals surface area contributed by atoms with Crippen LogP contribution in [0.5, 0.6) is 0 Å². The number of fused-ring (bicyclic) bond motifs is 12. The minimum Gasteiger partial charge on any atom is -0.456 e. The van der Waals surface area contributed by atoms with Crippen molar-refractivity contribution in [3.8, 4) is 0 Å². The molecule has 0 aliphatic rings. The van der Waals surface area contributed by atoms with E-state index in [0.717, 1.165) is 24.0 Å². The van der Waals surface area contributed by atoms with Gasteiger partial charge in [0.1, 0.15) is 11.2 Å². The van der Waals surface area contributed by atoms with Gasteiger partial charge < -0.3 is 4.42 Å². The Balaban J connectivity index is 1.09. The molecule has 0 spiro atoms. The Morgan fingerprint density at radius 1 is 0.426 bits per heavy atom. The predicted octanol–water partition coefficient (Wildman–Crippen LogP) is 13.0. The third-order valence-electron chi connectivity index (χ3n) is 10.1. The first-order chi connectivity index (χ1) is 23.3. The van der Waals surface area contributed by atoms with Gasteiger partial charge in [0.2, 0.25) is 0 Å². The molecule has 0 aliphatic carbocycles. The van der Waals surface area contributed by atoms with Crippen LogP contribution in [0, 0.1) is 0 Å². The standard InChI is InChI=1S/C45H30OS/c1-2-11-29(12-3-1)31(25-30-13-10-19-38-37-18-8-9-20-44(37)47-45(30)38)23-28-21-22-36-41-26-39-34-16-6-4-14-32(34)33-15-5-7-17-35(33)40(39)27-43(41)46-42(36)24-28/h1-22,24,26-27,31H,23,25H2. The molecular weight excluding hydrogens is 589 g/mol. The number of thiophene rings is 1. The highest BCUT2D eigenvalue weighted by molar-refractivity contribution is 7.26. The first-order valence-electron chi connectivity index (χ1n) is 16.4. The second-order valence-corrected chi connectivity index (χ2v) is 13.9. The maximum atomic E-state index is 6.66. The van der Waals surface area contributed by atoms with Crippen LogP contribution in [-0.2, 0) is 12.8 Å². The Labute approximate surface area is 276 Å². The van der Waals surface area contributed by atoms with Crippen LogP contribution in [0.3, 0.4) is 0 Å². The molecule has 0 saturated carbocycles. The highest BCUT2D eigenvalue weighted by Crippen LogP contribution is 2.41. The zero-order valence-electron chi connectivity index (χ0n) is 25.7. The lowest BCUT2D eigenvalue weighted by Crippen LogP contribution is -2.07. The smallest absolute Gasteiger partial charge is 0.136 e. The maximum Gasteiger partial charge on any atom is 0.136 e. The quantitative estimate of drug-likeness (QED) is 0.175. The molecule has 0 aliphatic heterocycles. The summed E-state index contributed by atoms with van der Waals surface area (Å²) in [4.78, 5) is 0. The van der Waals surface area contributed by atoms with Crippen LogP contribution in [0.15, 0.2) is 156 Å². The first-order valence-corrected chi connectivity index (χ1v) is 17.2. The molecule has 2 heteroatoms. The van der Waals surface area contributed by atoms with Gasteiger partial charge in [0.15, 0.2) is 0 Å². The Morgan fingerprint density at radius 2 is 1.04 bits per heavy atom. The van der Waals surface area contributed by atoms with E-state index in [1.165, 1.54) is 80.0 Å². The summed E-state index contributed by atoms with van der Waals surface area (Å²) in [7, 11) is 0. The lowest BCUT2D eigenvalue weighted by molar-refractivity contribution is 0.662. The normalized spacial score (nSPS) is 12.8. The van der Waals surface area contributed by atoms with E-state index in [2.05, 4.69) is 152 Å². The molecule has 10 aromatic rings. The van der Waals surface area contributed by atoms with E-state index in [9.17, 15) is 0 Å². The third-order valence-corrected chi connectivity index (χ3v) is 11.4. The van der Waals surface area contributed by atoms with Crippen molar-refractivity contribution in [3.63, 3.8) is 0 Å². The number of furan rings is 1. The van der Waals surface area contributed by atoms with E-state index in [4.69, 9.17) is 4.42 Å². The SMILES string of the molecule is c1ccc(C(Cc2ccc3c(c2)oc2cc4c5ccccc5c5ccccc5c4cc23)Cc2cccc3c2sc2ccccc23)cc1. The summed E-state index contributed by atoms with van der Waals surface area (Å²) >= 11 is 1.92. The highest BCUT2D eigenvalue weighted by Gasteiger charge is 2.19. The molecule has 0 N–H and O–H groups in total. The van der Waals surface area contributed by atoms with Gasteiger partial charge in [-0.1, -0.05) is 127 Å². The van der Waals surface area contributed by atoms with Crippen LogP contribution < -0.4 is 0 Å². The van der Waals surface area contributed by atoms with Crippen LogP contribution in [0.1, 0.15) is 22.6 Å². The molecule has 2 heterocycles. The Hall–Kier alpha value is -5.44. The summed E-state index contributed by atoms with van der Waals surface area (Å²) in [6.07, 6.45) is 1.92. The number of rotatable bonds is 5. The van der Waals surface area contributed by atoms with Crippen molar-refractivity contribution >= 4 is 85.8 Å². The van der Waals surface area contributed by atoms with Crippen molar-refractivity contribution < 1.29 is 4.42 Å². The fourth-order valence-corrected chi connectivity index (χ4v) is 9.12. The summed E-state index contributed by atoms with van der Waals surface area (Å²) in [6.45, 7) is 0. The second-order valence-electron chi connectivity index (χ2n) is 12.8. The monoisotopic (exact) mass is 618 g/mol. The van der Waals surface area contributed by atoms with E-state index in [-0.39, 0.29) is 0 Å². The Morgan fingerprint density at radius 3 is 1.81 bits per heavy atom. The average Bonchev–Trinajstić information content (AvgIpc) is 3.69. The van der Waals surface area contributed by atoms with Crippen LogP contribution in [0.2, 0.25) is 0 Å². The average molecular weight is 619 g/mol. The fraction of sp³-hybridized carbons (Fsp3) is 0.0667. The second kappa shape index (κ2) is 10.6. The van der Waals surface area contributed by atoms with Gasteiger partial charge in [-0.05, 0) is 92.0 Å². The molecule has 0 saturated heterocycles. The molecule has 222 valence electrons. The van der Waals surface area contributed by atoms with Crippen LogP contribution in [0.4, 0.5) is 0 Å². The fourth-order valence-electron chi connectivity index (χ4n) is 7.89. The largest absolute Gasteiger partial charge is 0.456 e. The molecule has 2 aromatic heterocycles. The van der Waals surface area contributed by atoms with Gasteiger partial charge in [-0.3, -0.25) is 0 Å². The molecule has 1 unspecified atom stereocenters. The van der Waals surface area contributed by atoms with Gasteiger partial charge in [0.05, 0.1) is 0 Å². The van der Waals surface area contributed by atoms with Crippen molar-refractivity contribution in [2.24, 2.45) is 0 Å². The predicted molar refractivity (Wildman–Crippen MR) is 202 cm³/mol. The topological polar surface area (TPSA) is 13.1 Å². The minimum absolute atomic E-state index is 0.342. The molecule has 10 rings (SSSR count). The Bertz CT molecular complexity index is 2800.